The lowest BCUT2D eigenvalue weighted by Gasteiger charge is -2.31. The van der Waals surface area contributed by atoms with Crippen molar-refractivity contribution < 1.29 is 26.0 Å². The van der Waals surface area contributed by atoms with E-state index in [1.807, 2.05) is 44.8 Å². The van der Waals surface area contributed by atoms with Crippen molar-refractivity contribution >= 4 is 97.7 Å². The van der Waals surface area contributed by atoms with Gasteiger partial charge in [0.1, 0.15) is 0 Å². The van der Waals surface area contributed by atoms with E-state index in [9.17, 15) is 9.59 Å². The van der Waals surface area contributed by atoms with Crippen LogP contribution in [-0.2, 0) is 26.0 Å². The molecular weight excluding hydrogens is 741 g/mol. The molecule has 0 atom stereocenters. The summed E-state index contributed by atoms with van der Waals surface area (Å²) in [6.07, 6.45) is 1.53. The Morgan fingerprint density at radius 1 is 0.562 bits per heavy atom. The van der Waals surface area contributed by atoms with Crippen molar-refractivity contribution in [3.63, 3.8) is 0 Å². The SMILES string of the molecule is C[Si](C)(C)O[SiH](CCCN1C(=O)C2=C(c3cccs3)N(CCC[SiH](O[Si](C)(C)C)O[Si](C)(C)C)C(=O)C2=C1c1cccs1)O[Si](C)(C)C. The molecule has 0 aliphatic carbocycles. The Hall–Kier alpha value is -1.04. The Bertz CT molecular complexity index is 1340. The van der Waals surface area contributed by atoms with E-state index in [1.165, 1.54) is 0 Å². The van der Waals surface area contributed by atoms with Gasteiger partial charge >= 0.3 is 18.6 Å². The average molecular weight is 797 g/mol. The second-order valence-corrected chi connectivity index (χ2v) is 41.8. The van der Waals surface area contributed by atoms with Gasteiger partial charge in [-0.15, -0.1) is 22.7 Å². The molecule has 2 aliphatic heterocycles. The molecule has 0 radical (unpaired) electrons. The molecule has 0 aromatic carbocycles. The lowest BCUT2D eigenvalue weighted by molar-refractivity contribution is -0.124. The van der Waals surface area contributed by atoms with Crippen LogP contribution in [0.3, 0.4) is 0 Å². The molecule has 0 saturated carbocycles. The highest BCUT2D eigenvalue weighted by Crippen LogP contribution is 2.48. The summed E-state index contributed by atoms with van der Waals surface area (Å²) in [7, 11) is -11.0. The summed E-state index contributed by atoms with van der Waals surface area (Å²) in [4.78, 5) is 34.6. The van der Waals surface area contributed by atoms with E-state index in [-0.39, 0.29) is 11.8 Å². The average Bonchev–Trinajstić information content (AvgIpc) is 3.69. The fourth-order valence-corrected chi connectivity index (χ4v) is 24.2. The maximum Gasteiger partial charge on any atom is 0.300 e. The Morgan fingerprint density at radius 2 is 0.875 bits per heavy atom. The Labute approximate surface area is 304 Å². The molecule has 0 saturated heterocycles. The smallest absolute Gasteiger partial charge is 0.300 e. The third-order valence-corrected chi connectivity index (χ3v) is 26.3. The van der Waals surface area contributed by atoms with Crippen LogP contribution in [0.5, 0.6) is 0 Å². The van der Waals surface area contributed by atoms with Gasteiger partial charge in [0.2, 0.25) is 0 Å². The lowest BCUT2D eigenvalue weighted by Crippen LogP contribution is -2.43. The summed E-state index contributed by atoms with van der Waals surface area (Å²) in [6.45, 7) is 27.6. The fraction of sp³-hybridized carbons (Fsp3) is 0.562. The molecule has 0 fully saturated rings. The van der Waals surface area contributed by atoms with Crippen molar-refractivity contribution in [1.82, 2.24) is 9.80 Å². The molecule has 4 heterocycles. The van der Waals surface area contributed by atoms with Crippen molar-refractivity contribution in [2.45, 2.75) is 103 Å². The van der Waals surface area contributed by atoms with Crippen LogP contribution in [0.25, 0.3) is 11.4 Å². The van der Waals surface area contributed by atoms with Crippen LogP contribution in [-0.4, -0.2) is 86.5 Å². The van der Waals surface area contributed by atoms with Crippen LogP contribution in [0, 0.1) is 0 Å². The Morgan fingerprint density at radius 3 is 1.12 bits per heavy atom. The van der Waals surface area contributed by atoms with E-state index in [0.717, 1.165) is 46.1 Å². The number of thiophene rings is 2. The molecule has 48 heavy (non-hydrogen) atoms. The van der Waals surface area contributed by atoms with Gasteiger partial charge in [0, 0.05) is 13.1 Å². The number of carbonyl (C=O) groups excluding carboxylic acids is 2. The second kappa shape index (κ2) is 15.7. The topological polar surface area (TPSA) is 77.5 Å². The van der Waals surface area contributed by atoms with E-state index in [4.69, 9.17) is 16.5 Å². The van der Waals surface area contributed by atoms with E-state index in [0.29, 0.717) is 24.2 Å². The van der Waals surface area contributed by atoms with Crippen LogP contribution in [0.1, 0.15) is 22.6 Å². The molecule has 266 valence electrons. The summed E-state index contributed by atoms with van der Waals surface area (Å²) in [5.41, 5.74) is 2.58. The highest BCUT2D eigenvalue weighted by molar-refractivity contribution is 7.11. The molecule has 2 amide bonds. The van der Waals surface area contributed by atoms with Crippen LogP contribution in [0.15, 0.2) is 46.2 Å². The van der Waals surface area contributed by atoms with Crippen molar-refractivity contribution in [2.75, 3.05) is 13.1 Å². The maximum absolute atomic E-state index is 14.5. The number of nitrogens with zero attached hydrogens (tertiary/aromatic N) is 2. The third kappa shape index (κ3) is 11.0. The van der Waals surface area contributed by atoms with Gasteiger partial charge in [0.25, 0.3) is 11.8 Å². The zero-order chi connectivity index (χ0) is 35.7. The Kier molecular flexibility index (Phi) is 13.0. The Balaban J connectivity index is 1.63. The van der Waals surface area contributed by atoms with Gasteiger partial charge in [-0.3, -0.25) is 9.59 Å². The molecule has 2 aromatic rings. The van der Waals surface area contributed by atoms with E-state index in [1.54, 1.807) is 22.7 Å². The van der Waals surface area contributed by atoms with Crippen LogP contribution in [0.4, 0.5) is 0 Å². The number of fused-ring (bicyclic) bond motifs is 1. The largest absolute Gasteiger partial charge is 0.439 e. The fourth-order valence-electron chi connectivity index (χ4n) is 5.86. The van der Waals surface area contributed by atoms with Gasteiger partial charge in [-0.05, 0) is 126 Å². The molecule has 0 unspecified atom stereocenters. The van der Waals surface area contributed by atoms with Gasteiger partial charge in [0.15, 0.2) is 33.3 Å². The molecule has 16 heteroatoms. The minimum Gasteiger partial charge on any atom is -0.439 e. The van der Waals surface area contributed by atoms with Crippen LogP contribution >= 0.6 is 22.7 Å². The zero-order valence-corrected chi connectivity index (χ0v) is 39.0. The normalized spacial score (nSPS) is 16.5. The molecular formula is C32H56N2O6S2Si6. The molecule has 2 aliphatic rings. The minimum atomic E-state index is -1.92. The lowest BCUT2D eigenvalue weighted by atomic mass is 10.1. The van der Waals surface area contributed by atoms with E-state index in [2.05, 4.69) is 78.6 Å². The van der Waals surface area contributed by atoms with Crippen molar-refractivity contribution in [3.8, 4) is 0 Å². The molecule has 2 aromatic heterocycles. The van der Waals surface area contributed by atoms with Crippen molar-refractivity contribution in [1.29, 1.82) is 0 Å². The number of hydrogen-bond donors (Lipinski definition) is 0. The molecule has 0 N–H and O–H groups in total. The molecule has 4 rings (SSSR count). The highest BCUT2D eigenvalue weighted by Gasteiger charge is 2.49. The van der Waals surface area contributed by atoms with E-state index >= 15 is 0 Å². The highest BCUT2D eigenvalue weighted by atomic mass is 32.1. The first-order valence-electron chi connectivity index (χ1n) is 17.1. The van der Waals surface area contributed by atoms with Gasteiger partial charge in [0.05, 0.1) is 32.3 Å². The zero-order valence-electron chi connectivity index (χ0n) is 31.0. The number of carbonyl (C=O) groups is 2. The minimum absolute atomic E-state index is 0.0838. The summed E-state index contributed by atoms with van der Waals surface area (Å²) in [5.74, 6) is -0.168. The monoisotopic (exact) mass is 796 g/mol. The quantitative estimate of drug-likeness (QED) is 0.142. The number of amides is 2. The summed E-state index contributed by atoms with van der Waals surface area (Å²) in [6, 6.07) is 9.68. The van der Waals surface area contributed by atoms with Gasteiger partial charge in [-0.1, -0.05) is 12.1 Å². The van der Waals surface area contributed by atoms with Crippen LogP contribution < -0.4 is 0 Å². The third-order valence-electron chi connectivity index (χ3n) is 7.27. The molecule has 0 bridgehead atoms. The predicted molar refractivity (Wildman–Crippen MR) is 217 cm³/mol. The maximum atomic E-state index is 14.5. The first kappa shape index (κ1) is 39.7. The van der Waals surface area contributed by atoms with Gasteiger partial charge in [-0.25, -0.2) is 0 Å². The van der Waals surface area contributed by atoms with Crippen LogP contribution in [0.2, 0.25) is 90.7 Å². The predicted octanol–water partition coefficient (Wildman–Crippen LogP) is 8.24. The number of rotatable bonds is 18. The second-order valence-electron chi connectivity index (χ2n) is 16.4. The number of hydrogen-bond acceptors (Lipinski definition) is 8. The van der Waals surface area contributed by atoms with Crippen molar-refractivity contribution in [2.24, 2.45) is 0 Å². The first-order chi connectivity index (χ1) is 22.1. The van der Waals surface area contributed by atoms with Crippen molar-refractivity contribution in [3.05, 3.63) is 55.9 Å². The summed E-state index contributed by atoms with van der Waals surface area (Å²) < 4.78 is 26.3. The standard InChI is InChI=1S/C32H56N2O6S2Si6/c1-45(2,3)37-43(38-46(4,5)6)23-15-19-33-29(25-17-13-21-41-25)27-28(31(33)35)30(26-18-14-22-42-26)34(32(27)36)20-16-24-44(39-47(7,8)9)40-48(10,11)12/h13-14,17-18,21-22,43-44H,15-16,19-20,23-24H2,1-12H3. The molecule has 0 spiro atoms. The van der Waals surface area contributed by atoms with Gasteiger partial charge in [-0.2, -0.15) is 0 Å². The molecule has 8 nitrogen and oxygen atoms in total. The van der Waals surface area contributed by atoms with Gasteiger partial charge < -0.3 is 26.3 Å². The first-order valence-corrected chi connectivity index (χ1v) is 36.0. The summed E-state index contributed by atoms with van der Waals surface area (Å²) in [5, 5.41) is 4.03. The van der Waals surface area contributed by atoms with E-state index < -0.39 is 51.8 Å². The summed E-state index contributed by atoms with van der Waals surface area (Å²) >= 11 is 3.15.